The standard InChI is InChI=1S/C18H19F3OS/c1-11-10-15(12-6-8-14(9-7-12)18(19,20)21)23-17(11)16(22)13-4-2-3-5-13/h6-10,13,16,22H,2-5H2,1H3. The number of aryl methyl sites for hydroxylation is 1. The molecule has 2 aromatic rings. The fraction of sp³-hybridized carbons (Fsp3) is 0.444. The SMILES string of the molecule is Cc1cc(-c2ccc(C(F)(F)F)cc2)sc1C(O)C1CCCC1. The van der Waals surface area contributed by atoms with Crippen molar-refractivity contribution in [1.82, 2.24) is 0 Å². The summed E-state index contributed by atoms with van der Waals surface area (Å²) < 4.78 is 37.9. The van der Waals surface area contributed by atoms with Gasteiger partial charge in [-0.3, -0.25) is 0 Å². The molecule has 1 unspecified atom stereocenters. The van der Waals surface area contributed by atoms with Gasteiger partial charge < -0.3 is 5.11 Å². The van der Waals surface area contributed by atoms with Crippen LogP contribution in [0.15, 0.2) is 30.3 Å². The first-order valence-corrected chi connectivity index (χ1v) is 8.64. The summed E-state index contributed by atoms with van der Waals surface area (Å²) in [5.74, 6) is 0.313. The second-order valence-corrected chi connectivity index (χ2v) is 7.31. The van der Waals surface area contributed by atoms with Gasteiger partial charge in [0.25, 0.3) is 0 Å². The Hall–Kier alpha value is -1.33. The zero-order chi connectivity index (χ0) is 16.6. The van der Waals surface area contributed by atoms with Crippen molar-refractivity contribution in [3.8, 4) is 10.4 Å². The number of halogens is 3. The fourth-order valence-electron chi connectivity index (χ4n) is 3.24. The zero-order valence-corrected chi connectivity index (χ0v) is 13.7. The highest BCUT2D eigenvalue weighted by Gasteiger charge is 2.30. The molecule has 1 fully saturated rings. The summed E-state index contributed by atoms with van der Waals surface area (Å²) in [5, 5.41) is 10.6. The van der Waals surface area contributed by atoms with Crippen molar-refractivity contribution in [2.24, 2.45) is 5.92 Å². The molecule has 0 radical (unpaired) electrons. The van der Waals surface area contributed by atoms with Crippen LogP contribution in [0, 0.1) is 12.8 Å². The second-order valence-electron chi connectivity index (χ2n) is 6.22. The molecule has 1 aromatic heterocycles. The molecule has 0 bridgehead atoms. The molecule has 1 aliphatic rings. The van der Waals surface area contributed by atoms with Gasteiger partial charge in [0.05, 0.1) is 11.7 Å². The lowest BCUT2D eigenvalue weighted by Crippen LogP contribution is -2.08. The Balaban J connectivity index is 1.85. The van der Waals surface area contributed by atoms with E-state index in [9.17, 15) is 18.3 Å². The molecular weight excluding hydrogens is 321 g/mol. The van der Waals surface area contributed by atoms with E-state index in [1.807, 2.05) is 13.0 Å². The Morgan fingerprint density at radius 3 is 2.30 bits per heavy atom. The van der Waals surface area contributed by atoms with Gasteiger partial charge in [-0.15, -0.1) is 11.3 Å². The van der Waals surface area contributed by atoms with Crippen LogP contribution in [0.2, 0.25) is 0 Å². The Bertz CT molecular complexity index is 667. The molecule has 1 atom stereocenters. The van der Waals surface area contributed by atoms with Crippen molar-refractivity contribution in [3.63, 3.8) is 0 Å². The maximum Gasteiger partial charge on any atom is 0.416 e. The number of benzene rings is 1. The smallest absolute Gasteiger partial charge is 0.387 e. The van der Waals surface area contributed by atoms with E-state index >= 15 is 0 Å². The first-order chi connectivity index (χ1) is 10.9. The molecule has 1 saturated carbocycles. The van der Waals surface area contributed by atoms with Gasteiger partial charge in [0.1, 0.15) is 0 Å². The summed E-state index contributed by atoms with van der Waals surface area (Å²) >= 11 is 1.49. The molecule has 23 heavy (non-hydrogen) atoms. The van der Waals surface area contributed by atoms with Crippen LogP contribution >= 0.6 is 11.3 Å². The maximum atomic E-state index is 12.6. The quantitative estimate of drug-likeness (QED) is 0.730. The van der Waals surface area contributed by atoms with Crippen LogP contribution in [0.4, 0.5) is 13.2 Å². The van der Waals surface area contributed by atoms with Crippen LogP contribution in [0.25, 0.3) is 10.4 Å². The fourth-order valence-corrected chi connectivity index (χ4v) is 4.50. The largest absolute Gasteiger partial charge is 0.416 e. The van der Waals surface area contributed by atoms with Gasteiger partial charge in [-0.05, 0) is 55.0 Å². The van der Waals surface area contributed by atoms with Crippen LogP contribution in [0.1, 0.15) is 47.8 Å². The van der Waals surface area contributed by atoms with Gasteiger partial charge in [-0.2, -0.15) is 13.2 Å². The number of alkyl halides is 3. The summed E-state index contributed by atoms with van der Waals surface area (Å²) in [5.41, 5.74) is 1.14. The van der Waals surface area contributed by atoms with Gasteiger partial charge in [-0.1, -0.05) is 25.0 Å². The number of hydrogen-bond acceptors (Lipinski definition) is 2. The second kappa shape index (κ2) is 6.29. The lowest BCUT2D eigenvalue weighted by molar-refractivity contribution is -0.137. The summed E-state index contributed by atoms with van der Waals surface area (Å²) in [6.07, 6.45) is -0.336. The molecule has 3 rings (SSSR count). The maximum absolute atomic E-state index is 12.6. The van der Waals surface area contributed by atoms with E-state index in [-0.39, 0.29) is 0 Å². The highest BCUT2D eigenvalue weighted by atomic mass is 32.1. The molecule has 1 aromatic carbocycles. The Labute approximate surface area is 137 Å². The predicted octanol–water partition coefficient (Wildman–Crippen LogP) is 5.97. The summed E-state index contributed by atoms with van der Waals surface area (Å²) in [7, 11) is 0. The molecule has 0 saturated heterocycles. The summed E-state index contributed by atoms with van der Waals surface area (Å²) in [6.45, 7) is 1.96. The van der Waals surface area contributed by atoms with Crippen LogP contribution < -0.4 is 0 Å². The third-order valence-electron chi connectivity index (χ3n) is 4.57. The third kappa shape index (κ3) is 3.45. The van der Waals surface area contributed by atoms with E-state index < -0.39 is 17.8 Å². The van der Waals surface area contributed by atoms with E-state index in [2.05, 4.69) is 0 Å². The number of thiophene rings is 1. The highest BCUT2D eigenvalue weighted by Crippen LogP contribution is 2.42. The molecular formula is C18H19F3OS. The molecule has 1 nitrogen and oxygen atoms in total. The van der Waals surface area contributed by atoms with Crippen LogP contribution in [0.5, 0.6) is 0 Å². The van der Waals surface area contributed by atoms with Crippen molar-refractivity contribution in [3.05, 3.63) is 46.3 Å². The topological polar surface area (TPSA) is 20.2 Å². The normalized spacial score (nSPS) is 17.6. The zero-order valence-electron chi connectivity index (χ0n) is 12.9. The number of aliphatic hydroxyl groups excluding tert-OH is 1. The first kappa shape index (κ1) is 16.5. The van der Waals surface area contributed by atoms with Crippen LogP contribution in [-0.2, 0) is 6.18 Å². The average molecular weight is 340 g/mol. The summed E-state index contributed by atoms with van der Waals surface area (Å²) in [6, 6.07) is 7.18. The van der Waals surface area contributed by atoms with E-state index in [1.165, 1.54) is 23.5 Å². The molecule has 0 aliphatic heterocycles. The molecule has 124 valence electrons. The van der Waals surface area contributed by atoms with Crippen molar-refractivity contribution in [2.45, 2.75) is 44.9 Å². The number of aliphatic hydroxyl groups is 1. The minimum atomic E-state index is -4.31. The summed E-state index contributed by atoms with van der Waals surface area (Å²) in [4.78, 5) is 1.86. The lowest BCUT2D eigenvalue weighted by Gasteiger charge is -2.17. The van der Waals surface area contributed by atoms with Gasteiger partial charge in [-0.25, -0.2) is 0 Å². The Morgan fingerprint density at radius 2 is 1.74 bits per heavy atom. The Morgan fingerprint density at radius 1 is 1.13 bits per heavy atom. The Kier molecular flexibility index (Phi) is 4.52. The van der Waals surface area contributed by atoms with Crippen molar-refractivity contribution in [2.75, 3.05) is 0 Å². The van der Waals surface area contributed by atoms with Crippen molar-refractivity contribution < 1.29 is 18.3 Å². The highest BCUT2D eigenvalue weighted by molar-refractivity contribution is 7.15. The molecule has 1 N–H and O–H groups in total. The van der Waals surface area contributed by atoms with E-state index in [1.54, 1.807) is 0 Å². The van der Waals surface area contributed by atoms with Gasteiger partial charge in [0.15, 0.2) is 0 Å². The molecule has 0 amide bonds. The molecule has 5 heteroatoms. The monoisotopic (exact) mass is 340 g/mol. The third-order valence-corrected chi connectivity index (χ3v) is 5.92. The lowest BCUT2D eigenvalue weighted by atomic mass is 9.98. The van der Waals surface area contributed by atoms with Gasteiger partial charge in [0, 0.05) is 9.75 Å². The molecule has 0 spiro atoms. The van der Waals surface area contributed by atoms with E-state index in [0.29, 0.717) is 5.92 Å². The van der Waals surface area contributed by atoms with Crippen LogP contribution in [-0.4, -0.2) is 5.11 Å². The van der Waals surface area contributed by atoms with Crippen molar-refractivity contribution >= 4 is 11.3 Å². The van der Waals surface area contributed by atoms with Crippen LogP contribution in [0.3, 0.4) is 0 Å². The molecule has 1 aliphatic carbocycles. The van der Waals surface area contributed by atoms with Gasteiger partial charge >= 0.3 is 6.18 Å². The minimum absolute atomic E-state index is 0.313. The predicted molar refractivity (Wildman–Crippen MR) is 86.4 cm³/mol. The van der Waals surface area contributed by atoms with Gasteiger partial charge in [0.2, 0.25) is 0 Å². The van der Waals surface area contributed by atoms with Crippen molar-refractivity contribution in [1.29, 1.82) is 0 Å². The van der Waals surface area contributed by atoms with E-state index in [0.717, 1.165) is 58.7 Å². The average Bonchev–Trinajstić information content (AvgIpc) is 3.15. The number of hydrogen-bond donors (Lipinski definition) is 1. The molecule has 1 heterocycles. The number of rotatable bonds is 3. The first-order valence-electron chi connectivity index (χ1n) is 7.82. The minimum Gasteiger partial charge on any atom is -0.387 e. The van der Waals surface area contributed by atoms with E-state index in [4.69, 9.17) is 0 Å².